The maximum Gasteiger partial charge on any atom is 0.234 e. The van der Waals surface area contributed by atoms with Gasteiger partial charge in [-0.3, -0.25) is 4.79 Å². The minimum absolute atomic E-state index is 0.0974. The van der Waals surface area contributed by atoms with E-state index < -0.39 is 0 Å². The summed E-state index contributed by atoms with van der Waals surface area (Å²) in [6.45, 7) is 0. The van der Waals surface area contributed by atoms with Crippen LogP contribution >= 0.6 is 34.4 Å². The Morgan fingerprint density at radius 2 is 1.92 bits per heavy atom. The van der Waals surface area contributed by atoms with Gasteiger partial charge in [0.1, 0.15) is 5.52 Å². The second-order valence-electron chi connectivity index (χ2n) is 5.66. The standard InChI is InChI=1S/C18H14IN5OS/c1-24-14-9-5-2-6-11(14)16-17(24)21-18(23-22-16)26-10-15(25)20-13-8-4-3-7-12(13)19/h2-9H,10H2,1H3,(H,20,25). The zero-order valence-corrected chi connectivity index (χ0v) is 16.8. The van der Waals surface area contributed by atoms with E-state index in [-0.39, 0.29) is 11.7 Å². The van der Waals surface area contributed by atoms with Crippen LogP contribution in [0.4, 0.5) is 5.69 Å². The summed E-state index contributed by atoms with van der Waals surface area (Å²) in [4.78, 5) is 16.8. The molecule has 2 heterocycles. The van der Waals surface area contributed by atoms with Crippen LogP contribution in [0.5, 0.6) is 0 Å². The third-order valence-corrected chi connectivity index (χ3v) is 5.75. The van der Waals surface area contributed by atoms with Crippen LogP contribution in [-0.4, -0.2) is 31.4 Å². The van der Waals surface area contributed by atoms with Crippen LogP contribution in [0.1, 0.15) is 0 Å². The predicted molar refractivity (Wildman–Crippen MR) is 112 cm³/mol. The van der Waals surface area contributed by atoms with Gasteiger partial charge < -0.3 is 9.88 Å². The smallest absolute Gasteiger partial charge is 0.234 e. The fraction of sp³-hybridized carbons (Fsp3) is 0.111. The number of carbonyl (C=O) groups is 1. The number of carbonyl (C=O) groups excluding carboxylic acids is 1. The van der Waals surface area contributed by atoms with Crippen molar-refractivity contribution in [2.45, 2.75) is 5.16 Å². The first-order valence-electron chi connectivity index (χ1n) is 7.88. The van der Waals surface area contributed by atoms with Crippen molar-refractivity contribution >= 4 is 68.0 Å². The van der Waals surface area contributed by atoms with Crippen LogP contribution < -0.4 is 5.32 Å². The van der Waals surface area contributed by atoms with Crippen LogP contribution in [-0.2, 0) is 11.8 Å². The van der Waals surface area contributed by atoms with Crippen molar-refractivity contribution in [1.29, 1.82) is 0 Å². The van der Waals surface area contributed by atoms with Gasteiger partial charge in [-0.15, -0.1) is 10.2 Å². The summed E-state index contributed by atoms with van der Waals surface area (Å²) >= 11 is 3.47. The summed E-state index contributed by atoms with van der Waals surface area (Å²) in [5.74, 6) is 0.127. The van der Waals surface area contributed by atoms with Crippen LogP contribution in [0.3, 0.4) is 0 Å². The normalized spacial score (nSPS) is 11.2. The van der Waals surface area contributed by atoms with E-state index in [0.29, 0.717) is 5.16 Å². The summed E-state index contributed by atoms with van der Waals surface area (Å²) in [5, 5.41) is 12.9. The van der Waals surface area contributed by atoms with Gasteiger partial charge in [0, 0.05) is 16.0 Å². The Labute approximate surface area is 167 Å². The zero-order valence-electron chi connectivity index (χ0n) is 13.8. The summed E-state index contributed by atoms with van der Waals surface area (Å²) in [5.41, 5.74) is 3.40. The lowest BCUT2D eigenvalue weighted by Gasteiger charge is -2.06. The molecule has 8 heteroatoms. The number of thioether (sulfide) groups is 1. The van der Waals surface area contributed by atoms with Gasteiger partial charge in [0.2, 0.25) is 11.1 Å². The number of fused-ring (bicyclic) bond motifs is 3. The monoisotopic (exact) mass is 475 g/mol. The molecule has 0 spiro atoms. The van der Waals surface area contributed by atoms with Gasteiger partial charge in [-0.25, -0.2) is 4.98 Å². The molecule has 0 saturated carbocycles. The lowest BCUT2D eigenvalue weighted by atomic mass is 10.2. The first kappa shape index (κ1) is 17.2. The average Bonchev–Trinajstić information content (AvgIpc) is 2.94. The summed E-state index contributed by atoms with van der Waals surface area (Å²) in [7, 11) is 1.96. The van der Waals surface area contributed by atoms with E-state index in [1.165, 1.54) is 11.8 Å². The number of benzene rings is 2. The molecule has 4 aromatic rings. The van der Waals surface area contributed by atoms with Gasteiger partial charge >= 0.3 is 0 Å². The van der Waals surface area contributed by atoms with Crippen LogP contribution in [0.15, 0.2) is 53.7 Å². The van der Waals surface area contributed by atoms with Gasteiger partial charge in [0.25, 0.3) is 0 Å². The number of aryl methyl sites for hydroxylation is 1. The molecule has 2 aromatic carbocycles. The van der Waals surface area contributed by atoms with E-state index in [9.17, 15) is 4.79 Å². The molecule has 0 aliphatic carbocycles. The van der Waals surface area contributed by atoms with E-state index in [0.717, 1.165) is 31.3 Å². The number of nitrogens with zero attached hydrogens (tertiary/aromatic N) is 4. The number of amides is 1. The Balaban J connectivity index is 1.52. The molecule has 6 nitrogen and oxygen atoms in total. The lowest BCUT2D eigenvalue weighted by Crippen LogP contribution is -2.15. The van der Waals surface area contributed by atoms with E-state index in [4.69, 9.17) is 0 Å². The third-order valence-electron chi connectivity index (χ3n) is 3.97. The molecule has 0 fully saturated rings. The van der Waals surface area contributed by atoms with Crippen LogP contribution in [0.2, 0.25) is 0 Å². The number of rotatable bonds is 4. The lowest BCUT2D eigenvalue weighted by molar-refractivity contribution is -0.113. The molecule has 1 N–H and O–H groups in total. The SMILES string of the molecule is Cn1c2ccccc2c2nnc(SCC(=O)Nc3ccccc3I)nc21. The van der Waals surface area contributed by atoms with Crippen molar-refractivity contribution in [3.8, 4) is 0 Å². The van der Waals surface area contributed by atoms with Crippen molar-refractivity contribution in [3.05, 3.63) is 52.1 Å². The second-order valence-corrected chi connectivity index (χ2v) is 7.76. The molecule has 0 saturated heterocycles. The zero-order chi connectivity index (χ0) is 18.1. The van der Waals surface area contributed by atoms with Gasteiger partial charge in [-0.05, 0) is 40.8 Å². The Hall–Kier alpha value is -2.20. The van der Waals surface area contributed by atoms with Gasteiger partial charge in [-0.2, -0.15) is 0 Å². The van der Waals surface area contributed by atoms with E-state index in [2.05, 4.69) is 43.1 Å². The highest BCUT2D eigenvalue weighted by Gasteiger charge is 2.13. The number of aromatic nitrogens is 4. The maximum absolute atomic E-state index is 12.2. The molecule has 26 heavy (non-hydrogen) atoms. The first-order chi connectivity index (χ1) is 12.6. The number of nitrogens with one attached hydrogen (secondary N) is 1. The van der Waals surface area contributed by atoms with Crippen molar-refractivity contribution in [1.82, 2.24) is 19.7 Å². The highest BCUT2D eigenvalue weighted by atomic mass is 127. The minimum atomic E-state index is -0.0974. The molecule has 0 radical (unpaired) electrons. The molecule has 4 rings (SSSR count). The third kappa shape index (κ3) is 3.26. The Morgan fingerprint density at radius 3 is 2.77 bits per heavy atom. The number of para-hydroxylation sites is 2. The fourth-order valence-electron chi connectivity index (χ4n) is 2.73. The highest BCUT2D eigenvalue weighted by Crippen LogP contribution is 2.26. The molecule has 0 aliphatic rings. The second kappa shape index (κ2) is 7.20. The van der Waals surface area contributed by atoms with Crippen molar-refractivity contribution < 1.29 is 4.79 Å². The molecule has 1 amide bonds. The molecule has 2 aromatic heterocycles. The largest absolute Gasteiger partial charge is 0.327 e. The maximum atomic E-state index is 12.2. The molecular weight excluding hydrogens is 461 g/mol. The van der Waals surface area contributed by atoms with Crippen LogP contribution in [0, 0.1) is 3.57 Å². The molecule has 0 bridgehead atoms. The van der Waals surface area contributed by atoms with Crippen molar-refractivity contribution in [2.75, 3.05) is 11.1 Å². The number of halogens is 1. The van der Waals surface area contributed by atoms with Crippen LogP contribution in [0.25, 0.3) is 22.1 Å². The summed E-state index contributed by atoms with van der Waals surface area (Å²) in [6.07, 6.45) is 0. The Morgan fingerprint density at radius 1 is 1.15 bits per heavy atom. The van der Waals surface area contributed by atoms with Crippen molar-refractivity contribution in [3.63, 3.8) is 0 Å². The van der Waals surface area contributed by atoms with Gasteiger partial charge in [-0.1, -0.05) is 42.1 Å². The molecular formula is C18H14IN5OS. The molecule has 0 atom stereocenters. The highest BCUT2D eigenvalue weighted by molar-refractivity contribution is 14.1. The average molecular weight is 475 g/mol. The summed E-state index contributed by atoms with van der Waals surface area (Å²) < 4.78 is 2.99. The number of hydrogen-bond donors (Lipinski definition) is 1. The van der Waals surface area contributed by atoms with Gasteiger partial charge in [0.05, 0.1) is 17.0 Å². The molecule has 0 aliphatic heterocycles. The minimum Gasteiger partial charge on any atom is -0.327 e. The predicted octanol–water partition coefficient (Wildman–Crippen LogP) is 3.85. The number of hydrogen-bond acceptors (Lipinski definition) is 5. The van der Waals surface area contributed by atoms with E-state index in [1.807, 2.05) is 60.1 Å². The quantitative estimate of drug-likeness (QED) is 0.359. The molecule has 130 valence electrons. The Bertz CT molecular complexity index is 1130. The van der Waals surface area contributed by atoms with Gasteiger partial charge in [0.15, 0.2) is 5.65 Å². The molecule has 0 unspecified atom stereocenters. The number of anilines is 1. The van der Waals surface area contributed by atoms with E-state index >= 15 is 0 Å². The van der Waals surface area contributed by atoms with Crippen molar-refractivity contribution in [2.24, 2.45) is 7.05 Å². The summed E-state index contributed by atoms with van der Waals surface area (Å²) in [6, 6.07) is 15.7. The Kier molecular flexibility index (Phi) is 4.77. The first-order valence-corrected chi connectivity index (χ1v) is 9.95. The van der Waals surface area contributed by atoms with E-state index in [1.54, 1.807) is 0 Å². The fourth-order valence-corrected chi connectivity index (χ4v) is 3.84. The topological polar surface area (TPSA) is 72.7 Å².